The molecule has 38 valence electrons. The van der Waals surface area contributed by atoms with Crippen LogP contribution in [-0.2, 0) is 4.74 Å². The lowest BCUT2D eigenvalue weighted by atomic mass is 10.6. The summed E-state index contributed by atoms with van der Waals surface area (Å²) < 4.78 is 4.69. The molecule has 0 amide bonds. The summed E-state index contributed by atoms with van der Waals surface area (Å²) in [5.74, 6) is 0.534. The van der Waals surface area contributed by atoms with Crippen molar-refractivity contribution in [1.82, 2.24) is 0 Å². The second kappa shape index (κ2) is 1.64. The summed E-state index contributed by atoms with van der Waals surface area (Å²) in [6.45, 7) is 0.363. The van der Waals surface area contributed by atoms with E-state index in [4.69, 9.17) is 10.5 Å². The molecule has 0 aromatic rings. The molecule has 2 N–H and O–H groups in total. The van der Waals surface area contributed by atoms with E-state index in [2.05, 4.69) is 4.99 Å². The predicted molar refractivity (Wildman–Crippen MR) is 26.7 cm³/mol. The van der Waals surface area contributed by atoms with E-state index in [0.717, 1.165) is 0 Å². The van der Waals surface area contributed by atoms with Gasteiger partial charge in [-0.05, 0) is 0 Å². The quantitative estimate of drug-likeness (QED) is 0.457. The molecule has 0 aromatic carbocycles. The number of aliphatic imine (C=N–C) groups is 1. The van der Waals surface area contributed by atoms with Gasteiger partial charge in [0.1, 0.15) is 5.84 Å². The third-order valence-electron chi connectivity index (χ3n) is 0.657. The standard InChI is InChI=1S/C4H6N2O/c5-4-1-2-7-3-6-4/h1-2H,3H2,(H2,5,6). The number of hydrogen-bond acceptors (Lipinski definition) is 3. The van der Waals surface area contributed by atoms with E-state index < -0.39 is 0 Å². The Bertz CT molecular complexity index is 117. The van der Waals surface area contributed by atoms with Crippen LogP contribution >= 0.6 is 0 Å². The molecule has 1 rings (SSSR count). The van der Waals surface area contributed by atoms with Gasteiger partial charge in [-0.1, -0.05) is 0 Å². The van der Waals surface area contributed by atoms with Crippen LogP contribution < -0.4 is 5.73 Å². The highest BCUT2D eigenvalue weighted by molar-refractivity contribution is 5.91. The molecule has 0 aliphatic carbocycles. The maximum absolute atomic E-state index is 5.22. The lowest BCUT2D eigenvalue weighted by molar-refractivity contribution is 0.257. The maximum Gasteiger partial charge on any atom is 0.180 e. The van der Waals surface area contributed by atoms with Gasteiger partial charge in [0.25, 0.3) is 0 Å². The normalized spacial score (nSPS) is 18.0. The summed E-state index contributed by atoms with van der Waals surface area (Å²) in [7, 11) is 0. The predicted octanol–water partition coefficient (Wildman–Crippen LogP) is -0.155. The molecule has 1 aliphatic rings. The second-order valence-electron chi connectivity index (χ2n) is 1.18. The number of nitrogens with two attached hydrogens (primary N) is 1. The van der Waals surface area contributed by atoms with Crippen molar-refractivity contribution in [2.45, 2.75) is 0 Å². The van der Waals surface area contributed by atoms with Crippen molar-refractivity contribution in [1.29, 1.82) is 0 Å². The number of nitrogens with zero attached hydrogens (tertiary/aromatic N) is 1. The van der Waals surface area contributed by atoms with Gasteiger partial charge >= 0.3 is 0 Å². The average molecular weight is 98.1 g/mol. The fourth-order valence-electron chi connectivity index (χ4n) is 0.325. The Morgan fingerprint density at radius 1 is 1.86 bits per heavy atom. The Morgan fingerprint density at radius 2 is 2.71 bits per heavy atom. The van der Waals surface area contributed by atoms with E-state index >= 15 is 0 Å². The maximum atomic E-state index is 5.22. The number of ether oxygens (including phenoxy) is 1. The molecule has 1 heterocycles. The number of amidine groups is 1. The molecule has 1 aliphatic heterocycles. The molecule has 3 nitrogen and oxygen atoms in total. The molecule has 0 unspecified atom stereocenters. The number of rotatable bonds is 0. The molecular formula is C4H6N2O. The highest BCUT2D eigenvalue weighted by Crippen LogP contribution is 1.86. The zero-order valence-corrected chi connectivity index (χ0v) is 3.79. The smallest absolute Gasteiger partial charge is 0.180 e. The van der Waals surface area contributed by atoms with Gasteiger partial charge in [-0.3, -0.25) is 0 Å². The SMILES string of the molecule is NC1=NCOC=C1. The van der Waals surface area contributed by atoms with E-state index in [1.807, 2.05) is 0 Å². The molecule has 7 heavy (non-hydrogen) atoms. The van der Waals surface area contributed by atoms with Crippen molar-refractivity contribution in [2.24, 2.45) is 10.7 Å². The van der Waals surface area contributed by atoms with Crippen molar-refractivity contribution in [2.75, 3.05) is 6.73 Å². The van der Waals surface area contributed by atoms with Gasteiger partial charge < -0.3 is 10.5 Å². The minimum absolute atomic E-state index is 0.363. The lowest BCUT2D eigenvalue weighted by Crippen LogP contribution is -2.11. The fraction of sp³-hybridized carbons (Fsp3) is 0.250. The first-order valence-corrected chi connectivity index (χ1v) is 1.97. The first-order chi connectivity index (χ1) is 3.39. The van der Waals surface area contributed by atoms with E-state index in [1.54, 1.807) is 6.08 Å². The Hall–Kier alpha value is -0.990. The van der Waals surface area contributed by atoms with Gasteiger partial charge in [0.2, 0.25) is 0 Å². The van der Waals surface area contributed by atoms with Crippen LogP contribution in [0.2, 0.25) is 0 Å². The molecule has 0 fully saturated rings. The molecular weight excluding hydrogens is 92.1 g/mol. The molecule has 0 aromatic heterocycles. The van der Waals surface area contributed by atoms with Crippen LogP contribution in [0.4, 0.5) is 0 Å². The Morgan fingerprint density at radius 3 is 3.00 bits per heavy atom. The van der Waals surface area contributed by atoms with E-state index in [0.29, 0.717) is 12.6 Å². The summed E-state index contributed by atoms with van der Waals surface area (Å²) in [5.41, 5.74) is 5.22. The highest BCUT2D eigenvalue weighted by Gasteiger charge is 1.87. The minimum Gasteiger partial charge on any atom is -0.479 e. The third-order valence-corrected chi connectivity index (χ3v) is 0.657. The largest absolute Gasteiger partial charge is 0.479 e. The van der Waals surface area contributed by atoms with E-state index in [1.165, 1.54) is 6.26 Å². The topological polar surface area (TPSA) is 47.6 Å². The van der Waals surface area contributed by atoms with E-state index in [9.17, 15) is 0 Å². The van der Waals surface area contributed by atoms with Crippen molar-refractivity contribution in [3.63, 3.8) is 0 Å². The van der Waals surface area contributed by atoms with Gasteiger partial charge in [0.05, 0.1) is 6.26 Å². The number of hydrogen-bond donors (Lipinski definition) is 1. The molecule has 0 saturated heterocycles. The van der Waals surface area contributed by atoms with Gasteiger partial charge in [-0.15, -0.1) is 0 Å². The van der Waals surface area contributed by atoms with Crippen LogP contribution in [0.3, 0.4) is 0 Å². The van der Waals surface area contributed by atoms with Crippen LogP contribution in [0.25, 0.3) is 0 Å². The van der Waals surface area contributed by atoms with Gasteiger partial charge in [0.15, 0.2) is 6.73 Å². The first-order valence-electron chi connectivity index (χ1n) is 1.97. The van der Waals surface area contributed by atoms with E-state index in [-0.39, 0.29) is 0 Å². The summed E-state index contributed by atoms with van der Waals surface area (Å²) in [6.07, 6.45) is 3.14. The minimum atomic E-state index is 0.363. The molecule has 0 atom stereocenters. The lowest BCUT2D eigenvalue weighted by Gasteiger charge is -1.99. The second-order valence-corrected chi connectivity index (χ2v) is 1.18. The van der Waals surface area contributed by atoms with Crippen molar-refractivity contribution < 1.29 is 4.74 Å². The van der Waals surface area contributed by atoms with Crippen LogP contribution in [-0.4, -0.2) is 12.6 Å². The molecule has 0 bridgehead atoms. The van der Waals surface area contributed by atoms with Crippen LogP contribution in [0.1, 0.15) is 0 Å². The Kier molecular flexibility index (Phi) is 0.978. The Labute approximate surface area is 41.5 Å². The molecule has 0 radical (unpaired) electrons. The fourth-order valence-corrected chi connectivity index (χ4v) is 0.325. The van der Waals surface area contributed by atoms with Crippen LogP contribution in [0, 0.1) is 0 Å². The zero-order valence-electron chi connectivity index (χ0n) is 3.79. The summed E-state index contributed by atoms with van der Waals surface area (Å²) in [4.78, 5) is 3.72. The monoisotopic (exact) mass is 98.0 g/mol. The summed E-state index contributed by atoms with van der Waals surface area (Å²) in [6, 6.07) is 0. The average Bonchev–Trinajstić information content (AvgIpc) is 1.69. The molecule has 0 spiro atoms. The van der Waals surface area contributed by atoms with Crippen LogP contribution in [0.5, 0.6) is 0 Å². The molecule has 0 saturated carbocycles. The summed E-state index contributed by atoms with van der Waals surface area (Å²) >= 11 is 0. The van der Waals surface area contributed by atoms with Crippen molar-refractivity contribution >= 4 is 5.84 Å². The van der Waals surface area contributed by atoms with Crippen LogP contribution in [0.15, 0.2) is 17.3 Å². The van der Waals surface area contributed by atoms with Crippen molar-refractivity contribution in [3.05, 3.63) is 12.3 Å². The van der Waals surface area contributed by atoms with Crippen molar-refractivity contribution in [3.8, 4) is 0 Å². The van der Waals surface area contributed by atoms with Gasteiger partial charge in [-0.2, -0.15) is 0 Å². The highest BCUT2D eigenvalue weighted by atomic mass is 16.5. The van der Waals surface area contributed by atoms with Gasteiger partial charge in [-0.25, -0.2) is 4.99 Å². The van der Waals surface area contributed by atoms with Gasteiger partial charge in [0, 0.05) is 6.08 Å². The summed E-state index contributed by atoms with van der Waals surface area (Å²) in [5, 5.41) is 0. The molecule has 3 heteroatoms. The zero-order chi connectivity index (χ0) is 5.11. The third kappa shape index (κ3) is 0.924. The first kappa shape index (κ1) is 4.18. The Balaban J connectivity index is 2.58.